The van der Waals surface area contributed by atoms with Crippen LogP contribution in [0.25, 0.3) is 0 Å². The van der Waals surface area contributed by atoms with E-state index in [9.17, 15) is 0 Å². The Hall–Kier alpha value is -0.300. The zero-order valence-electron chi connectivity index (χ0n) is 8.52. The molecule has 12 heavy (non-hydrogen) atoms. The van der Waals surface area contributed by atoms with Gasteiger partial charge in [-0.3, -0.25) is 0 Å². The Morgan fingerprint density at radius 2 is 2.08 bits per heavy atom. The van der Waals surface area contributed by atoms with Gasteiger partial charge in [-0.05, 0) is 31.4 Å². The fourth-order valence-electron chi connectivity index (χ4n) is 1.62. The maximum atomic E-state index is 5.65. The van der Waals surface area contributed by atoms with Crippen molar-refractivity contribution in [3.05, 3.63) is 11.1 Å². The van der Waals surface area contributed by atoms with Crippen LogP contribution in [-0.2, 0) is 4.74 Å². The lowest BCUT2D eigenvalue weighted by atomic mass is 10.0. The monoisotopic (exact) mass is 168 g/mol. The third-order valence-corrected chi connectivity index (χ3v) is 2.73. The van der Waals surface area contributed by atoms with Crippen molar-refractivity contribution >= 4 is 0 Å². The Balaban J connectivity index is 2.26. The molecule has 0 aliphatic carbocycles. The highest BCUT2D eigenvalue weighted by molar-refractivity contribution is 5.19. The number of hydrogen-bond donors (Lipinski definition) is 0. The minimum atomic E-state index is 0.441. The number of unbranched alkanes of at least 4 members (excludes halogenated alkanes) is 2. The smallest absolute Gasteiger partial charge is 0.0790 e. The van der Waals surface area contributed by atoms with Gasteiger partial charge in [-0.25, -0.2) is 0 Å². The first-order chi connectivity index (χ1) is 5.75. The molecule has 0 amide bonds. The Morgan fingerprint density at radius 1 is 1.33 bits per heavy atom. The van der Waals surface area contributed by atoms with Gasteiger partial charge in [0.1, 0.15) is 0 Å². The van der Waals surface area contributed by atoms with Crippen LogP contribution in [0, 0.1) is 0 Å². The van der Waals surface area contributed by atoms with Crippen LogP contribution in [-0.4, -0.2) is 12.7 Å². The van der Waals surface area contributed by atoms with Crippen molar-refractivity contribution in [1.29, 1.82) is 0 Å². The Bertz CT molecular complexity index is 170. The third kappa shape index (κ3) is 2.34. The van der Waals surface area contributed by atoms with E-state index in [4.69, 9.17) is 4.74 Å². The Labute approximate surface area is 75.8 Å². The van der Waals surface area contributed by atoms with E-state index in [0.717, 1.165) is 6.61 Å². The molecule has 0 saturated carbocycles. The van der Waals surface area contributed by atoms with Crippen molar-refractivity contribution in [2.24, 2.45) is 0 Å². The highest BCUT2D eigenvalue weighted by Gasteiger charge is 2.19. The zero-order chi connectivity index (χ0) is 8.97. The number of hydrogen-bond acceptors (Lipinski definition) is 1. The van der Waals surface area contributed by atoms with E-state index in [1.54, 1.807) is 0 Å². The highest BCUT2D eigenvalue weighted by atomic mass is 16.5. The summed E-state index contributed by atoms with van der Waals surface area (Å²) in [7, 11) is 0. The summed E-state index contributed by atoms with van der Waals surface area (Å²) < 4.78 is 5.65. The fourth-order valence-corrected chi connectivity index (χ4v) is 1.62. The average molecular weight is 168 g/mol. The van der Waals surface area contributed by atoms with Gasteiger partial charge in [-0.2, -0.15) is 0 Å². The lowest BCUT2D eigenvalue weighted by molar-refractivity contribution is 0.111. The molecule has 1 atom stereocenters. The van der Waals surface area contributed by atoms with E-state index in [1.165, 1.54) is 36.8 Å². The Morgan fingerprint density at radius 3 is 2.58 bits per heavy atom. The number of rotatable bonds is 4. The summed E-state index contributed by atoms with van der Waals surface area (Å²) in [4.78, 5) is 0. The molecular formula is C11H20O. The van der Waals surface area contributed by atoms with E-state index < -0.39 is 0 Å². The summed E-state index contributed by atoms with van der Waals surface area (Å²) in [6.45, 7) is 7.49. The van der Waals surface area contributed by atoms with E-state index in [-0.39, 0.29) is 0 Å². The molecule has 0 aromatic carbocycles. The normalized spacial score (nSPS) is 23.8. The van der Waals surface area contributed by atoms with Crippen molar-refractivity contribution in [1.82, 2.24) is 0 Å². The molecule has 0 radical (unpaired) electrons. The van der Waals surface area contributed by atoms with E-state index >= 15 is 0 Å². The van der Waals surface area contributed by atoms with Crippen molar-refractivity contribution < 1.29 is 4.74 Å². The summed E-state index contributed by atoms with van der Waals surface area (Å²) in [5.74, 6) is 0. The second-order valence-corrected chi connectivity index (χ2v) is 3.76. The quantitative estimate of drug-likeness (QED) is 0.462. The molecule has 1 heteroatoms. The molecule has 1 aliphatic rings. The lowest BCUT2D eigenvalue weighted by Crippen LogP contribution is -2.07. The van der Waals surface area contributed by atoms with Crippen LogP contribution in [0.5, 0.6) is 0 Å². The molecule has 1 heterocycles. The van der Waals surface area contributed by atoms with Gasteiger partial charge in [0.05, 0.1) is 12.7 Å². The summed E-state index contributed by atoms with van der Waals surface area (Å²) in [6, 6.07) is 0. The molecule has 1 aliphatic heterocycles. The van der Waals surface area contributed by atoms with Crippen LogP contribution in [0.2, 0.25) is 0 Å². The predicted molar refractivity (Wildman–Crippen MR) is 52.3 cm³/mol. The van der Waals surface area contributed by atoms with Crippen molar-refractivity contribution in [2.75, 3.05) is 6.61 Å². The lowest BCUT2D eigenvalue weighted by Gasteiger charge is -2.10. The minimum absolute atomic E-state index is 0.441. The van der Waals surface area contributed by atoms with Crippen LogP contribution in [0.15, 0.2) is 11.1 Å². The van der Waals surface area contributed by atoms with Gasteiger partial charge in [-0.1, -0.05) is 26.2 Å². The second-order valence-electron chi connectivity index (χ2n) is 3.76. The molecule has 1 nitrogen and oxygen atoms in total. The molecule has 0 aromatic rings. The third-order valence-electron chi connectivity index (χ3n) is 2.73. The van der Waals surface area contributed by atoms with Gasteiger partial charge < -0.3 is 4.74 Å². The van der Waals surface area contributed by atoms with Crippen LogP contribution >= 0.6 is 0 Å². The maximum Gasteiger partial charge on any atom is 0.0790 e. The first-order valence-corrected chi connectivity index (χ1v) is 5.03. The highest BCUT2D eigenvalue weighted by Crippen LogP contribution is 2.24. The molecule has 1 rings (SSSR count). The van der Waals surface area contributed by atoms with Gasteiger partial charge in [0.25, 0.3) is 0 Å². The van der Waals surface area contributed by atoms with Gasteiger partial charge in [0.15, 0.2) is 0 Å². The summed E-state index contributed by atoms with van der Waals surface area (Å²) >= 11 is 0. The van der Waals surface area contributed by atoms with Crippen molar-refractivity contribution in [3.63, 3.8) is 0 Å². The maximum absolute atomic E-state index is 5.65. The molecular weight excluding hydrogens is 148 g/mol. The van der Waals surface area contributed by atoms with Crippen LogP contribution in [0.1, 0.15) is 46.5 Å². The van der Waals surface area contributed by atoms with Gasteiger partial charge in [-0.15, -0.1) is 0 Å². The first-order valence-electron chi connectivity index (χ1n) is 5.03. The topological polar surface area (TPSA) is 9.23 Å². The number of ether oxygens (including phenoxy) is 1. The van der Waals surface area contributed by atoms with Crippen LogP contribution in [0.4, 0.5) is 0 Å². The van der Waals surface area contributed by atoms with Crippen molar-refractivity contribution in [2.45, 2.75) is 52.6 Å². The molecule has 0 saturated heterocycles. The first kappa shape index (κ1) is 9.79. The molecule has 1 unspecified atom stereocenters. The SMILES string of the molecule is CCCCCC1OCC(C)=C1C. The van der Waals surface area contributed by atoms with Gasteiger partial charge in [0.2, 0.25) is 0 Å². The largest absolute Gasteiger partial charge is 0.370 e. The zero-order valence-corrected chi connectivity index (χ0v) is 8.52. The average Bonchev–Trinajstić information content (AvgIpc) is 2.36. The molecule has 0 aromatic heterocycles. The minimum Gasteiger partial charge on any atom is -0.370 e. The van der Waals surface area contributed by atoms with Gasteiger partial charge in [0, 0.05) is 0 Å². The van der Waals surface area contributed by atoms with E-state index in [2.05, 4.69) is 20.8 Å². The Kier molecular flexibility index (Phi) is 3.80. The summed E-state index contributed by atoms with van der Waals surface area (Å²) in [5, 5.41) is 0. The molecule has 0 bridgehead atoms. The summed E-state index contributed by atoms with van der Waals surface area (Å²) in [6.07, 6.45) is 5.61. The van der Waals surface area contributed by atoms with E-state index in [0.29, 0.717) is 6.10 Å². The molecule has 0 N–H and O–H groups in total. The molecule has 70 valence electrons. The predicted octanol–water partition coefficient (Wildman–Crippen LogP) is 3.30. The second kappa shape index (κ2) is 4.66. The fraction of sp³-hybridized carbons (Fsp3) is 0.818. The van der Waals surface area contributed by atoms with E-state index in [1.807, 2.05) is 0 Å². The molecule has 0 fully saturated rings. The van der Waals surface area contributed by atoms with Crippen molar-refractivity contribution in [3.8, 4) is 0 Å². The van der Waals surface area contributed by atoms with Gasteiger partial charge >= 0.3 is 0 Å². The van der Waals surface area contributed by atoms with Crippen LogP contribution < -0.4 is 0 Å². The molecule has 0 spiro atoms. The standard InChI is InChI=1S/C11H20O/c1-4-5-6-7-11-10(3)9(2)8-12-11/h11H,4-8H2,1-3H3. The van der Waals surface area contributed by atoms with Crippen LogP contribution in [0.3, 0.4) is 0 Å². The summed E-state index contributed by atoms with van der Waals surface area (Å²) in [5.41, 5.74) is 2.92.